The van der Waals surface area contributed by atoms with Crippen molar-refractivity contribution in [1.82, 2.24) is 9.97 Å². The molecule has 0 unspecified atom stereocenters. The molecule has 4 aromatic rings. The summed E-state index contributed by atoms with van der Waals surface area (Å²) in [6, 6.07) is 14.6. The average Bonchev–Trinajstić information content (AvgIpc) is 3.37. The lowest BCUT2D eigenvalue weighted by molar-refractivity contribution is 0.0997. The Bertz CT molecular complexity index is 1090. The summed E-state index contributed by atoms with van der Waals surface area (Å²) in [6.45, 7) is 4.10. The van der Waals surface area contributed by atoms with E-state index in [-0.39, 0.29) is 17.7 Å². The first-order valence-corrected chi connectivity index (χ1v) is 9.98. The lowest BCUT2D eigenvalue weighted by atomic mass is 10.00. The Hall–Kier alpha value is -3.45. The van der Waals surface area contributed by atoms with E-state index in [1.165, 1.54) is 17.6 Å². The molecule has 4 aromatic heterocycles. The van der Waals surface area contributed by atoms with Crippen LogP contribution >= 0.6 is 11.3 Å². The van der Waals surface area contributed by atoms with Gasteiger partial charge in [0.15, 0.2) is 5.76 Å². The third-order valence-corrected chi connectivity index (χ3v) is 5.77. The van der Waals surface area contributed by atoms with Crippen LogP contribution in [0.5, 0.6) is 0 Å². The van der Waals surface area contributed by atoms with Gasteiger partial charge in [-0.15, -0.1) is 11.3 Å². The number of furan rings is 1. The first-order chi connectivity index (χ1) is 14.1. The van der Waals surface area contributed by atoms with E-state index < -0.39 is 0 Å². The summed E-state index contributed by atoms with van der Waals surface area (Å²) in [7, 11) is 0. The Morgan fingerprint density at radius 1 is 1.03 bits per heavy atom. The quantitative estimate of drug-likeness (QED) is 0.462. The van der Waals surface area contributed by atoms with Crippen LogP contribution in [-0.4, -0.2) is 15.9 Å². The van der Waals surface area contributed by atoms with Crippen LogP contribution < -0.4 is 10.6 Å². The van der Waals surface area contributed by atoms with Crippen LogP contribution in [0.25, 0.3) is 0 Å². The van der Waals surface area contributed by atoms with Gasteiger partial charge in [0.1, 0.15) is 10.8 Å². The fourth-order valence-corrected chi connectivity index (χ4v) is 4.19. The summed E-state index contributed by atoms with van der Waals surface area (Å²) in [5.74, 6) is 0.719. The molecule has 0 saturated heterocycles. The Morgan fingerprint density at radius 3 is 2.48 bits per heavy atom. The molecule has 0 radical (unpaired) electrons. The molecule has 0 fully saturated rings. The van der Waals surface area contributed by atoms with Gasteiger partial charge in [0, 0.05) is 22.8 Å². The molecule has 6 nitrogen and oxygen atoms in total. The Balaban J connectivity index is 1.76. The van der Waals surface area contributed by atoms with Gasteiger partial charge in [-0.1, -0.05) is 12.1 Å². The largest absolute Gasteiger partial charge is 0.459 e. The van der Waals surface area contributed by atoms with Crippen molar-refractivity contribution >= 4 is 28.1 Å². The summed E-state index contributed by atoms with van der Waals surface area (Å²) in [6.07, 6.45) is 4.99. The van der Waals surface area contributed by atoms with E-state index in [9.17, 15) is 4.79 Å². The van der Waals surface area contributed by atoms with Crippen LogP contribution in [0.3, 0.4) is 0 Å². The summed E-state index contributed by atoms with van der Waals surface area (Å²) in [5.41, 5.74) is 2.91. The molecule has 1 amide bonds. The predicted molar refractivity (Wildman–Crippen MR) is 114 cm³/mol. The molecule has 7 heteroatoms. The van der Waals surface area contributed by atoms with E-state index in [4.69, 9.17) is 4.42 Å². The number of pyridine rings is 2. The van der Waals surface area contributed by atoms with E-state index in [1.54, 1.807) is 24.5 Å². The van der Waals surface area contributed by atoms with Gasteiger partial charge in [-0.3, -0.25) is 9.78 Å². The topological polar surface area (TPSA) is 80.0 Å². The lowest BCUT2D eigenvalue weighted by Crippen LogP contribution is -2.18. The molecular weight excluding hydrogens is 384 g/mol. The van der Waals surface area contributed by atoms with Crippen LogP contribution in [0, 0.1) is 13.8 Å². The van der Waals surface area contributed by atoms with E-state index in [0.29, 0.717) is 0 Å². The van der Waals surface area contributed by atoms with Gasteiger partial charge in [0.2, 0.25) is 0 Å². The fraction of sp³-hybridized carbons (Fsp3) is 0.136. The summed E-state index contributed by atoms with van der Waals surface area (Å²) >= 11 is 1.54. The van der Waals surface area contributed by atoms with Crippen molar-refractivity contribution in [2.75, 3.05) is 10.6 Å². The molecule has 2 N–H and O–H groups in total. The number of anilines is 2. The molecule has 0 aliphatic heterocycles. The van der Waals surface area contributed by atoms with Gasteiger partial charge in [0.05, 0.1) is 18.0 Å². The summed E-state index contributed by atoms with van der Waals surface area (Å²) in [4.78, 5) is 22.7. The molecule has 0 spiro atoms. The zero-order valence-corrected chi connectivity index (χ0v) is 16.9. The summed E-state index contributed by atoms with van der Waals surface area (Å²) < 4.78 is 5.24. The molecule has 0 aromatic carbocycles. The molecule has 146 valence electrons. The van der Waals surface area contributed by atoms with Gasteiger partial charge in [-0.25, -0.2) is 4.98 Å². The minimum absolute atomic E-state index is 0.270. The van der Waals surface area contributed by atoms with E-state index >= 15 is 0 Å². The van der Waals surface area contributed by atoms with Gasteiger partial charge in [-0.05, 0) is 55.8 Å². The van der Waals surface area contributed by atoms with Crippen LogP contribution in [-0.2, 0) is 0 Å². The van der Waals surface area contributed by atoms with E-state index in [1.807, 2.05) is 43.3 Å². The van der Waals surface area contributed by atoms with Crippen molar-refractivity contribution < 1.29 is 9.21 Å². The van der Waals surface area contributed by atoms with E-state index in [0.717, 1.165) is 32.5 Å². The lowest BCUT2D eigenvalue weighted by Gasteiger charge is -2.21. The number of aryl methyl sites for hydroxylation is 1. The van der Waals surface area contributed by atoms with Crippen molar-refractivity contribution in [3.63, 3.8) is 0 Å². The van der Waals surface area contributed by atoms with Gasteiger partial charge < -0.3 is 15.1 Å². The fourth-order valence-electron chi connectivity index (χ4n) is 3.09. The van der Waals surface area contributed by atoms with Crippen LogP contribution in [0.4, 0.5) is 10.8 Å². The molecule has 0 aliphatic rings. The van der Waals surface area contributed by atoms with Crippen LogP contribution in [0.2, 0.25) is 0 Å². The summed E-state index contributed by atoms with van der Waals surface area (Å²) in [5, 5.41) is 7.25. The van der Waals surface area contributed by atoms with Gasteiger partial charge in [-0.2, -0.15) is 0 Å². The van der Waals surface area contributed by atoms with Crippen LogP contribution in [0.15, 0.2) is 71.6 Å². The van der Waals surface area contributed by atoms with Gasteiger partial charge >= 0.3 is 0 Å². The average molecular weight is 404 g/mol. The van der Waals surface area contributed by atoms with Crippen LogP contribution in [0.1, 0.15) is 38.3 Å². The number of carbonyl (C=O) groups excluding carboxylic acids is 1. The van der Waals surface area contributed by atoms with Crippen molar-refractivity contribution in [2.45, 2.75) is 19.9 Å². The number of carbonyl (C=O) groups is 1. The molecule has 0 saturated carbocycles. The molecule has 0 bridgehead atoms. The maximum absolute atomic E-state index is 12.6. The number of aromatic nitrogens is 2. The molecular formula is C22H20N4O2S. The highest BCUT2D eigenvalue weighted by Crippen LogP contribution is 2.40. The standard InChI is InChI=1S/C22H20N4O2S/c1-14-15(2)29-22(26-21(27)17-9-7-13-28-17)19(14)20(16-8-3-5-11-23-16)25-18-10-4-6-12-24-18/h3-13,20H,1-2H3,(H,24,25)(H,26,27)/t20-/m0/s1. The SMILES string of the molecule is Cc1sc(NC(=O)c2ccco2)c([C@@H](Nc2ccccn2)c2ccccn2)c1C. The van der Waals surface area contributed by atoms with Crippen molar-refractivity contribution in [3.05, 3.63) is 94.6 Å². The van der Waals surface area contributed by atoms with Gasteiger partial charge in [0.25, 0.3) is 5.91 Å². The first-order valence-electron chi connectivity index (χ1n) is 9.16. The smallest absolute Gasteiger partial charge is 0.291 e. The minimum Gasteiger partial charge on any atom is -0.459 e. The second-order valence-electron chi connectivity index (χ2n) is 6.50. The number of amides is 1. The Kier molecular flexibility index (Phi) is 5.39. The molecule has 29 heavy (non-hydrogen) atoms. The Morgan fingerprint density at radius 2 is 1.83 bits per heavy atom. The maximum atomic E-state index is 12.6. The normalized spacial score (nSPS) is 11.8. The molecule has 0 aliphatic carbocycles. The molecule has 4 rings (SSSR count). The third-order valence-electron chi connectivity index (χ3n) is 4.63. The minimum atomic E-state index is -0.282. The van der Waals surface area contributed by atoms with Crippen molar-refractivity contribution in [1.29, 1.82) is 0 Å². The number of thiophene rings is 1. The molecule has 4 heterocycles. The first kappa shape index (κ1) is 18.9. The van der Waals surface area contributed by atoms with E-state index in [2.05, 4.69) is 27.5 Å². The predicted octanol–water partition coefficient (Wildman–Crippen LogP) is 5.20. The number of rotatable bonds is 6. The highest BCUT2D eigenvalue weighted by molar-refractivity contribution is 7.16. The number of hydrogen-bond acceptors (Lipinski definition) is 6. The van der Waals surface area contributed by atoms with Crippen molar-refractivity contribution in [2.24, 2.45) is 0 Å². The zero-order valence-electron chi connectivity index (χ0n) is 16.0. The Labute approximate surface area is 172 Å². The maximum Gasteiger partial charge on any atom is 0.291 e. The third kappa shape index (κ3) is 4.05. The number of nitrogens with one attached hydrogen (secondary N) is 2. The zero-order chi connectivity index (χ0) is 20.2. The van der Waals surface area contributed by atoms with Crippen molar-refractivity contribution in [3.8, 4) is 0 Å². The second-order valence-corrected chi connectivity index (χ2v) is 7.73. The highest BCUT2D eigenvalue weighted by atomic mass is 32.1. The number of hydrogen-bond donors (Lipinski definition) is 2. The molecule has 1 atom stereocenters. The number of nitrogens with zero attached hydrogens (tertiary/aromatic N) is 2. The monoisotopic (exact) mass is 404 g/mol. The second kappa shape index (κ2) is 8.28. The highest BCUT2D eigenvalue weighted by Gasteiger charge is 2.26.